The minimum atomic E-state index is -0.886. The molecule has 1 aliphatic rings. The van der Waals surface area contributed by atoms with Gasteiger partial charge in [-0.3, -0.25) is 29.6 Å². The van der Waals surface area contributed by atoms with Crippen molar-refractivity contribution in [1.29, 1.82) is 0 Å². The average molecular weight is 817 g/mol. The zero-order valence-corrected chi connectivity index (χ0v) is 30.0. The molecule has 3 aromatic carbocycles. The number of fused-ring (bicyclic) bond motifs is 1. The molecule has 4 aromatic rings. The predicted molar refractivity (Wildman–Crippen MR) is 190 cm³/mol. The van der Waals surface area contributed by atoms with E-state index in [1.165, 1.54) is 17.9 Å². The Kier molecular flexibility index (Phi) is 11.2. The van der Waals surface area contributed by atoms with E-state index in [2.05, 4.69) is 4.99 Å². The number of benzene rings is 3. The number of ether oxygens (including phenoxy) is 5. The van der Waals surface area contributed by atoms with Crippen molar-refractivity contribution in [3.05, 3.63) is 115 Å². The molecule has 1 aliphatic heterocycles. The van der Waals surface area contributed by atoms with Gasteiger partial charge in [-0.25, -0.2) is 9.79 Å². The third-order valence-corrected chi connectivity index (χ3v) is 9.00. The van der Waals surface area contributed by atoms with Gasteiger partial charge in [-0.15, -0.1) is 0 Å². The summed E-state index contributed by atoms with van der Waals surface area (Å²) >= 11 is 3.09. The molecule has 0 N–H and O–H groups in total. The van der Waals surface area contributed by atoms with Crippen molar-refractivity contribution in [2.75, 3.05) is 26.9 Å². The first-order valence-corrected chi connectivity index (χ1v) is 17.0. The molecule has 1 aromatic heterocycles. The summed E-state index contributed by atoms with van der Waals surface area (Å²) in [5.41, 5.74) is -0.213. The van der Waals surface area contributed by atoms with Gasteiger partial charge in [0.2, 0.25) is 5.75 Å². The molecule has 50 heavy (non-hydrogen) atoms. The van der Waals surface area contributed by atoms with E-state index >= 15 is 0 Å². The van der Waals surface area contributed by atoms with Crippen LogP contribution in [0.3, 0.4) is 0 Å². The summed E-state index contributed by atoms with van der Waals surface area (Å²) in [7, 11) is 1.25. The van der Waals surface area contributed by atoms with Crippen LogP contribution in [0.5, 0.6) is 28.7 Å². The molecule has 5 rings (SSSR count). The number of hydrogen-bond acceptors (Lipinski definition) is 13. The summed E-state index contributed by atoms with van der Waals surface area (Å²) in [4.78, 5) is 53.2. The van der Waals surface area contributed by atoms with Gasteiger partial charge in [0.1, 0.15) is 0 Å². The lowest BCUT2D eigenvalue weighted by Crippen LogP contribution is -2.39. The topological polar surface area (TPSA) is 184 Å². The van der Waals surface area contributed by atoms with E-state index in [0.29, 0.717) is 48.7 Å². The fourth-order valence-corrected chi connectivity index (χ4v) is 6.84. The quantitative estimate of drug-likeness (QED) is 0.0726. The Bertz CT molecular complexity index is 2210. The van der Waals surface area contributed by atoms with Gasteiger partial charge in [-0.2, -0.15) is 0 Å². The maximum Gasteiger partial charge on any atom is 0.337 e. The summed E-state index contributed by atoms with van der Waals surface area (Å²) in [6.45, 7) is 6.42. The van der Waals surface area contributed by atoms with Crippen molar-refractivity contribution >= 4 is 57.3 Å². The smallest absolute Gasteiger partial charge is 0.337 e. The highest BCUT2D eigenvalue weighted by Crippen LogP contribution is 2.42. The van der Waals surface area contributed by atoms with Crippen LogP contribution in [0.15, 0.2) is 70.1 Å². The number of nitrogens with zero attached hydrogens (tertiary/aromatic N) is 4. The monoisotopic (exact) mass is 816 g/mol. The molecule has 0 unspecified atom stereocenters. The maximum atomic E-state index is 14.1. The number of nitro benzene ring substituents is 2. The number of halogens is 1. The van der Waals surface area contributed by atoms with Crippen LogP contribution in [0.25, 0.3) is 6.08 Å². The Balaban J connectivity index is 1.61. The Morgan fingerprint density at radius 3 is 2.28 bits per heavy atom. The van der Waals surface area contributed by atoms with Crippen LogP contribution in [0.4, 0.5) is 11.4 Å². The summed E-state index contributed by atoms with van der Waals surface area (Å²) in [6.07, 6.45) is 3.03. The van der Waals surface area contributed by atoms with Gasteiger partial charge < -0.3 is 23.7 Å². The van der Waals surface area contributed by atoms with Gasteiger partial charge >= 0.3 is 11.7 Å². The second kappa shape index (κ2) is 15.5. The molecule has 0 saturated heterocycles. The molecule has 0 amide bonds. The number of methoxy groups -OCH3 is 1. The molecule has 0 spiro atoms. The Hall–Kier alpha value is -5.30. The Morgan fingerprint density at radius 1 is 0.940 bits per heavy atom. The molecule has 17 heteroatoms. The Labute approximate surface area is 301 Å². The zero-order chi connectivity index (χ0) is 36.1. The minimum absolute atomic E-state index is 0.145. The van der Waals surface area contributed by atoms with Crippen molar-refractivity contribution in [2.24, 2.45) is 4.99 Å². The van der Waals surface area contributed by atoms with Crippen molar-refractivity contribution in [1.82, 2.24) is 4.57 Å². The third kappa shape index (κ3) is 7.32. The maximum absolute atomic E-state index is 14.1. The largest absolute Gasteiger partial charge is 0.490 e. The molecular formula is C33H29IN4O11S. The molecular weight excluding hydrogens is 787 g/mol. The van der Waals surface area contributed by atoms with E-state index in [9.17, 15) is 29.8 Å². The molecule has 0 saturated carbocycles. The van der Waals surface area contributed by atoms with Crippen molar-refractivity contribution in [3.63, 3.8) is 0 Å². The highest BCUT2D eigenvalue weighted by molar-refractivity contribution is 14.1. The summed E-state index contributed by atoms with van der Waals surface area (Å²) in [6, 6.07) is 10.7. The third-order valence-electron chi connectivity index (χ3n) is 7.20. The Morgan fingerprint density at radius 2 is 1.62 bits per heavy atom. The van der Waals surface area contributed by atoms with Crippen molar-refractivity contribution in [3.8, 4) is 28.7 Å². The first-order valence-electron chi connectivity index (χ1n) is 15.1. The number of carbonyl (C=O) groups excluding carboxylic acids is 1. The second-order valence-corrected chi connectivity index (χ2v) is 12.5. The highest BCUT2D eigenvalue weighted by Gasteiger charge is 2.32. The SMILES string of the molecule is CCOc1ccc([C@@H]2C(C(=O)OC)=CN=c3s/c(=C/c4cc(I)c(Oc5ccc([N+](=O)[O-])cc5[N+](=O)[O-])c(OCC)c4)c(=O)n32)cc1OCC. The highest BCUT2D eigenvalue weighted by atomic mass is 127. The predicted octanol–water partition coefficient (Wildman–Crippen LogP) is 5.43. The van der Waals surface area contributed by atoms with E-state index in [-0.39, 0.29) is 29.4 Å². The molecule has 0 fully saturated rings. The van der Waals surface area contributed by atoms with E-state index < -0.39 is 38.8 Å². The number of carbonyl (C=O) groups is 1. The summed E-state index contributed by atoms with van der Waals surface area (Å²) in [5, 5.41) is 22.9. The molecule has 15 nitrogen and oxygen atoms in total. The lowest BCUT2D eigenvalue weighted by molar-refractivity contribution is -0.394. The van der Waals surface area contributed by atoms with Crippen molar-refractivity contribution < 1.29 is 38.3 Å². The number of rotatable bonds is 13. The van der Waals surface area contributed by atoms with Gasteiger partial charge in [0.15, 0.2) is 27.8 Å². The van der Waals surface area contributed by atoms with E-state index in [0.717, 1.165) is 29.5 Å². The lowest BCUT2D eigenvalue weighted by Gasteiger charge is -2.23. The van der Waals surface area contributed by atoms with E-state index in [1.54, 1.807) is 43.3 Å². The average Bonchev–Trinajstić information content (AvgIpc) is 3.40. The molecule has 0 aliphatic carbocycles. The van der Waals surface area contributed by atoms with Crippen LogP contribution in [0.2, 0.25) is 0 Å². The van der Waals surface area contributed by atoms with Gasteiger partial charge in [0, 0.05) is 12.3 Å². The summed E-state index contributed by atoms with van der Waals surface area (Å²) in [5.74, 6) is 0.462. The van der Waals surface area contributed by atoms with E-state index in [1.807, 2.05) is 36.4 Å². The fourth-order valence-electron chi connectivity index (χ4n) is 5.13. The zero-order valence-electron chi connectivity index (χ0n) is 27.0. The van der Waals surface area contributed by atoms with Gasteiger partial charge in [0.05, 0.1) is 62.6 Å². The minimum Gasteiger partial charge on any atom is -0.490 e. The molecule has 1 atom stereocenters. The number of thiazole rings is 1. The number of non-ortho nitro benzene ring substituents is 1. The first-order chi connectivity index (χ1) is 24.0. The lowest BCUT2D eigenvalue weighted by atomic mass is 9.97. The number of nitro groups is 2. The van der Waals surface area contributed by atoms with Crippen LogP contribution in [-0.4, -0.2) is 47.3 Å². The van der Waals surface area contributed by atoms with Gasteiger partial charge in [-0.1, -0.05) is 17.4 Å². The number of hydrogen-bond donors (Lipinski definition) is 0. The normalized spacial score (nSPS) is 13.8. The number of esters is 1. The van der Waals surface area contributed by atoms with E-state index in [4.69, 9.17) is 23.7 Å². The van der Waals surface area contributed by atoms with Crippen LogP contribution < -0.4 is 33.8 Å². The van der Waals surface area contributed by atoms with Gasteiger partial charge in [-0.05, 0) is 90.9 Å². The van der Waals surface area contributed by atoms with Crippen LogP contribution in [0, 0.1) is 23.8 Å². The van der Waals surface area contributed by atoms with Gasteiger partial charge in [0.25, 0.3) is 11.2 Å². The standard InChI is InChI=1S/C33H29IN4O11S/c1-5-46-25-10-8-19(15-26(25)47-6-2)29-21(32(40)45-4)17-35-33-36(29)31(39)28(50-33)14-18-12-22(34)30(27(13-18)48-7-3)49-24-11-9-20(37(41)42)16-23(24)38(43)44/h8-17,29H,5-7H2,1-4H3/b28-14+/t29-/m1/s1. The molecule has 0 bridgehead atoms. The van der Waals surface area contributed by atoms with Crippen LogP contribution >= 0.6 is 33.9 Å². The fraction of sp³-hybridized carbons (Fsp3) is 0.242. The molecule has 260 valence electrons. The second-order valence-electron chi connectivity index (χ2n) is 10.3. The van der Waals surface area contributed by atoms with Crippen LogP contribution in [-0.2, 0) is 9.53 Å². The first kappa shape index (κ1) is 36.0. The number of aromatic nitrogens is 1. The molecule has 2 heterocycles. The van der Waals surface area contributed by atoms with Crippen LogP contribution in [0.1, 0.15) is 37.9 Å². The summed E-state index contributed by atoms with van der Waals surface area (Å²) < 4.78 is 30.5. The molecule has 0 radical (unpaired) electrons. The van der Waals surface area contributed by atoms with Crippen molar-refractivity contribution in [2.45, 2.75) is 26.8 Å².